The molecule has 3 rings (SSSR count). The van der Waals surface area contributed by atoms with E-state index < -0.39 is 0 Å². The van der Waals surface area contributed by atoms with E-state index in [0.717, 1.165) is 5.76 Å². The van der Waals surface area contributed by atoms with Crippen LogP contribution in [-0.4, -0.2) is 36.0 Å². The Bertz CT molecular complexity index is 267. The summed E-state index contributed by atoms with van der Waals surface area (Å²) < 4.78 is 5.47. The van der Waals surface area contributed by atoms with E-state index in [0.29, 0.717) is 6.17 Å². The maximum atomic E-state index is 5.47. The van der Waals surface area contributed by atoms with Crippen LogP contribution in [0.25, 0.3) is 0 Å². The Kier molecular flexibility index (Phi) is 1.67. The second-order valence-electron chi connectivity index (χ2n) is 3.81. The smallest absolute Gasteiger partial charge is 0.135 e. The molecule has 1 aromatic rings. The molecule has 1 aromatic heterocycles. The molecule has 2 fully saturated rings. The van der Waals surface area contributed by atoms with E-state index in [1.165, 1.54) is 32.6 Å². The molecule has 3 heteroatoms. The number of hydrogen-bond acceptors (Lipinski definition) is 3. The van der Waals surface area contributed by atoms with Gasteiger partial charge in [0.25, 0.3) is 0 Å². The lowest BCUT2D eigenvalue weighted by Crippen LogP contribution is -2.37. The number of rotatable bonds is 1. The first-order chi connectivity index (χ1) is 6.45. The van der Waals surface area contributed by atoms with Crippen molar-refractivity contribution in [2.45, 2.75) is 12.6 Å². The molecule has 0 spiro atoms. The van der Waals surface area contributed by atoms with Crippen molar-refractivity contribution in [3.63, 3.8) is 0 Å². The van der Waals surface area contributed by atoms with Crippen LogP contribution in [0.1, 0.15) is 18.3 Å². The molecule has 2 atom stereocenters. The zero-order valence-electron chi connectivity index (χ0n) is 7.65. The van der Waals surface area contributed by atoms with Gasteiger partial charge in [-0.3, -0.25) is 9.80 Å². The highest BCUT2D eigenvalue weighted by Gasteiger charge is 2.37. The van der Waals surface area contributed by atoms with Crippen LogP contribution < -0.4 is 0 Å². The Morgan fingerprint density at radius 3 is 2.54 bits per heavy atom. The average Bonchev–Trinajstić information content (AvgIpc) is 2.72. The van der Waals surface area contributed by atoms with Crippen molar-refractivity contribution in [1.82, 2.24) is 9.80 Å². The summed E-state index contributed by atoms with van der Waals surface area (Å²) in [5.41, 5.74) is 0. The third-order valence-electron chi connectivity index (χ3n) is 3.05. The Morgan fingerprint density at radius 2 is 1.92 bits per heavy atom. The number of furan rings is 1. The highest BCUT2D eigenvalue weighted by Crippen LogP contribution is 2.33. The molecule has 3 nitrogen and oxygen atoms in total. The van der Waals surface area contributed by atoms with Crippen LogP contribution in [0.5, 0.6) is 0 Å². The Labute approximate surface area is 77.9 Å². The van der Waals surface area contributed by atoms with Gasteiger partial charge in [-0.05, 0) is 18.6 Å². The van der Waals surface area contributed by atoms with Gasteiger partial charge in [-0.25, -0.2) is 0 Å². The van der Waals surface area contributed by atoms with Gasteiger partial charge in [0.05, 0.1) is 6.26 Å². The van der Waals surface area contributed by atoms with E-state index >= 15 is 0 Å². The maximum Gasteiger partial charge on any atom is 0.135 e. The van der Waals surface area contributed by atoms with Crippen LogP contribution in [0, 0.1) is 0 Å². The third kappa shape index (κ3) is 1.11. The minimum atomic E-state index is 0.434. The molecule has 0 aliphatic carbocycles. The first-order valence-corrected chi connectivity index (χ1v) is 4.97. The minimum absolute atomic E-state index is 0.434. The van der Waals surface area contributed by atoms with E-state index in [-0.39, 0.29) is 0 Å². The van der Waals surface area contributed by atoms with E-state index in [1.54, 1.807) is 6.26 Å². The largest absolute Gasteiger partial charge is 0.466 e. The summed E-state index contributed by atoms with van der Waals surface area (Å²) in [6, 6.07) is 4.06. The van der Waals surface area contributed by atoms with Crippen molar-refractivity contribution in [2.24, 2.45) is 0 Å². The molecule has 2 unspecified atom stereocenters. The molecule has 0 aromatic carbocycles. The van der Waals surface area contributed by atoms with Crippen LogP contribution in [0.3, 0.4) is 0 Å². The predicted octanol–water partition coefficient (Wildman–Crippen LogP) is 1.30. The topological polar surface area (TPSA) is 19.6 Å². The second-order valence-corrected chi connectivity index (χ2v) is 3.81. The zero-order valence-corrected chi connectivity index (χ0v) is 7.65. The molecule has 2 saturated heterocycles. The lowest BCUT2D eigenvalue weighted by Gasteiger charge is -2.33. The van der Waals surface area contributed by atoms with Gasteiger partial charge in [0.2, 0.25) is 0 Å². The summed E-state index contributed by atoms with van der Waals surface area (Å²) in [6.45, 7) is 4.85. The zero-order chi connectivity index (χ0) is 8.67. The lowest BCUT2D eigenvalue weighted by atomic mass is 10.2. The molecule has 70 valence electrons. The Morgan fingerprint density at radius 1 is 1.15 bits per heavy atom. The van der Waals surface area contributed by atoms with Gasteiger partial charge < -0.3 is 4.42 Å². The van der Waals surface area contributed by atoms with Crippen LogP contribution in [0.2, 0.25) is 0 Å². The van der Waals surface area contributed by atoms with E-state index in [9.17, 15) is 0 Å². The molecule has 2 aliphatic heterocycles. The predicted molar refractivity (Wildman–Crippen MR) is 49.2 cm³/mol. The summed E-state index contributed by atoms with van der Waals surface area (Å²) in [4.78, 5) is 5.00. The van der Waals surface area contributed by atoms with Crippen LogP contribution in [0.15, 0.2) is 22.8 Å². The van der Waals surface area contributed by atoms with Crippen molar-refractivity contribution in [3.05, 3.63) is 24.2 Å². The molecule has 0 N–H and O–H groups in total. The van der Waals surface area contributed by atoms with E-state index in [1.807, 2.05) is 6.07 Å². The highest BCUT2D eigenvalue weighted by atomic mass is 16.3. The molecular formula is C10H14N2O. The molecule has 0 radical (unpaired) electrons. The fraction of sp³-hybridized carbons (Fsp3) is 0.600. The van der Waals surface area contributed by atoms with Gasteiger partial charge in [0.15, 0.2) is 0 Å². The maximum absolute atomic E-state index is 5.47. The van der Waals surface area contributed by atoms with Gasteiger partial charge in [0, 0.05) is 26.2 Å². The quantitative estimate of drug-likeness (QED) is 0.646. The van der Waals surface area contributed by atoms with E-state index in [2.05, 4.69) is 15.9 Å². The molecule has 2 bridgehead atoms. The first-order valence-electron chi connectivity index (χ1n) is 4.97. The van der Waals surface area contributed by atoms with Gasteiger partial charge >= 0.3 is 0 Å². The summed E-state index contributed by atoms with van der Waals surface area (Å²) in [5, 5.41) is 0. The Hall–Kier alpha value is -0.800. The molecule has 0 amide bonds. The summed E-state index contributed by atoms with van der Waals surface area (Å²) >= 11 is 0. The fourth-order valence-electron chi connectivity index (χ4n) is 2.48. The monoisotopic (exact) mass is 178 g/mol. The second kappa shape index (κ2) is 2.86. The lowest BCUT2D eigenvalue weighted by molar-refractivity contribution is 0.0742. The normalized spacial score (nSPS) is 38.0. The van der Waals surface area contributed by atoms with Crippen molar-refractivity contribution in [3.8, 4) is 0 Å². The summed E-state index contributed by atoms with van der Waals surface area (Å²) in [6.07, 6.45) is 3.51. The molecule has 13 heavy (non-hydrogen) atoms. The first kappa shape index (κ1) is 7.59. The minimum Gasteiger partial charge on any atom is -0.466 e. The van der Waals surface area contributed by atoms with Gasteiger partial charge in [-0.1, -0.05) is 0 Å². The number of nitrogens with zero attached hydrogens (tertiary/aromatic N) is 2. The fourth-order valence-corrected chi connectivity index (χ4v) is 2.48. The molecule has 3 heterocycles. The van der Waals surface area contributed by atoms with Gasteiger partial charge in [-0.15, -0.1) is 0 Å². The SMILES string of the molecule is c1coc(C2N3CCCN2CC3)c1. The number of hydrogen-bond donors (Lipinski definition) is 0. The molecule has 0 saturated carbocycles. The summed E-state index contributed by atoms with van der Waals surface area (Å²) in [5.74, 6) is 1.11. The van der Waals surface area contributed by atoms with Crippen LogP contribution in [-0.2, 0) is 0 Å². The van der Waals surface area contributed by atoms with Crippen molar-refractivity contribution in [1.29, 1.82) is 0 Å². The van der Waals surface area contributed by atoms with Crippen LogP contribution in [0.4, 0.5) is 0 Å². The third-order valence-corrected chi connectivity index (χ3v) is 3.05. The van der Waals surface area contributed by atoms with Crippen molar-refractivity contribution in [2.75, 3.05) is 26.2 Å². The van der Waals surface area contributed by atoms with Crippen molar-refractivity contribution < 1.29 is 4.42 Å². The van der Waals surface area contributed by atoms with Crippen molar-refractivity contribution >= 4 is 0 Å². The standard InChI is InChI=1S/C10H14N2O/c1-3-9(13-8-1)10-11-4-2-5-12(10)7-6-11/h1,3,8,10H,2,4-7H2. The highest BCUT2D eigenvalue weighted by molar-refractivity contribution is 5.07. The Balaban J connectivity index is 1.91. The van der Waals surface area contributed by atoms with Crippen LogP contribution >= 0.6 is 0 Å². The average molecular weight is 178 g/mol. The molecular weight excluding hydrogens is 164 g/mol. The van der Waals surface area contributed by atoms with Gasteiger partial charge in [-0.2, -0.15) is 0 Å². The summed E-state index contributed by atoms with van der Waals surface area (Å²) in [7, 11) is 0. The molecule has 2 aliphatic rings. The van der Waals surface area contributed by atoms with E-state index in [4.69, 9.17) is 4.42 Å². The number of fused-ring (bicyclic) bond motifs is 2. The van der Waals surface area contributed by atoms with Gasteiger partial charge in [0.1, 0.15) is 11.9 Å².